The van der Waals surface area contributed by atoms with Crippen molar-refractivity contribution in [3.63, 3.8) is 0 Å². The van der Waals surface area contributed by atoms with Gasteiger partial charge in [-0.15, -0.1) is 0 Å². The third-order valence-corrected chi connectivity index (χ3v) is 2.71. The lowest BCUT2D eigenvalue weighted by molar-refractivity contribution is 0.307. The molecule has 0 saturated heterocycles. The first-order valence-corrected chi connectivity index (χ1v) is 5.88. The summed E-state index contributed by atoms with van der Waals surface area (Å²) in [6, 6.07) is 7.47. The number of hydrogen-bond acceptors (Lipinski definition) is 4. The zero-order valence-electron chi connectivity index (χ0n) is 10.7. The molecule has 94 valence electrons. The number of rotatable bonds is 4. The number of aryl methyl sites for hydroxylation is 1. The Bertz CT molecular complexity index is 514. The number of aromatic hydroxyl groups is 1. The van der Waals surface area contributed by atoms with Gasteiger partial charge in [0.05, 0.1) is 5.69 Å². The van der Waals surface area contributed by atoms with Gasteiger partial charge >= 0.3 is 0 Å². The first-order chi connectivity index (χ1) is 8.65. The Labute approximate surface area is 107 Å². The molecule has 0 amide bonds. The largest absolute Gasteiger partial charge is 0.506 e. The van der Waals surface area contributed by atoms with Crippen molar-refractivity contribution in [3.8, 4) is 5.75 Å². The Kier molecular flexibility index (Phi) is 3.89. The van der Waals surface area contributed by atoms with E-state index in [-0.39, 0.29) is 5.75 Å². The molecule has 0 aliphatic rings. The van der Waals surface area contributed by atoms with E-state index >= 15 is 0 Å². The summed E-state index contributed by atoms with van der Waals surface area (Å²) in [5, 5.41) is 9.75. The maximum absolute atomic E-state index is 9.75. The lowest BCUT2D eigenvalue weighted by Gasteiger charge is -2.17. The van der Waals surface area contributed by atoms with E-state index in [2.05, 4.69) is 14.9 Å². The van der Waals surface area contributed by atoms with Gasteiger partial charge in [0.2, 0.25) is 0 Å². The van der Waals surface area contributed by atoms with Crippen LogP contribution in [0.15, 0.2) is 36.7 Å². The lowest BCUT2D eigenvalue weighted by Crippen LogP contribution is -2.18. The molecule has 0 aliphatic carbocycles. The molecule has 4 heteroatoms. The summed E-state index contributed by atoms with van der Waals surface area (Å²) in [7, 11) is 2.00. The average Bonchev–Trinajstić information content (AvgIpc) is 2.35. The molecule has 4 nitrogen and oxygen atoms in total. The molecule has 2 aromatic heterocycles. The standard InChI is InChI=1S/C14H17N3O/c1-11-3-4-14(18)13(16-11)10-17(2)9-12-5-7-15-8-6-12/h3-8,18H,9-10H2,1-2H3. The number of nitrogens with zero attached hydrogens (tertiary/aromatic N) is 3. The summed E-state index contributed by atoms with van der Waals surface area (Å²) in [5.41, 5.74) is 2.83. The van der Waals surface area contributed by atoms with E-state index in [0.29, 0.717) is 12.2 Å². The number of hydrogen-bond donors (Lipinski definition) is 1. The molecule has 0 fully saturated rings. The van der Waals surface area contributed by atoms with Gasteiger partial charge in [-0.25, -0.2) is 0 Å². The molecule has 0 radical (unpaired) electrons. The van der Waals surface area contributed by atoms with Gasteiger partial charge in [-0.05, 0) is 43.8 Å². The van der Waals surface area contributed by atoms with Crippen LogP contribution in [-0.4, -0.2) is 27.0 Å². The van der Waals surface area contributed by atoms with E-state index in [0.717, 1.165) is 12.2 Å². The highest BCUT2D eigenvalue weighted by atomic mass is 16.3. The van der Waals surface area contributed by atoms with Crippen LogP contribution in [-0.2, 0) is 13.1 Å². The molecule has 0 atom stereocenters. The number of pyridine rings is 2. The molecule has 0 bridgehead atoms. The van der Waals surface area contributed by atoms with Crippen molar-refractivity contribution in [1.82, 2.24) is 14.9 Å². The topological polar surface area (TPSA) is 49.2 Å². The Morgan fingerprint density at radius 1 is 1.11 bits per heavy atom. The molecule has 0 aromatic carbocycles. The van der Waals surface area contributed by atoms with Crippen molar-refractivity contribution < 1.29 is 5.11 Å². The highest BCUT2D eigenvalue weighted by Crippen LogP contribution is 2.17. The lowest BCUT2D eigenvalue weighted by atomic mass is 10.2. The van der Waals surface area contributed by atoms with Gasteiger partial charge in [0, 0.05) is 31.2 Å². The van der Waals surface area contributed by atoms with Crippen LogP contribution in [0.2, 0.25) is 0 Å². The van der Waals surface area contributed by atoms with Crippen LogP contribution in [0.1, 0.15) is 17.0 Å². The van der Waals surface area contributed by atoms with Crippen molar-refractivity contribution in [3.05, 3.63) is 53.6 Å². The van der Waals surface area contributed by atoms with Crippen LogP contribution in [0.4, 0.5) is 0 Å². The Morgan fingerprint density at radius 2 is 1.83 bits per heavy atom. The summed E-state index contributed by atoms with van der Waals surface area (Å²) in [4.78, 5) is 10.4. The Hall–Kier alpha value is -1.94. The maximum atomic E-state index is 9.75. The third-order valence-electron chi connectivity index (χ3n) is 2.71. The normalized spacial score (nSPS) is 10.8. The molecule has 0 spiro atoms. The van der Waals surface area contributed by atoms with E-state index in [1.807, 2.05) is 32.2 Å². The van der Waals surface area contributed by atoms with Crippen molar-refractivity contribution in [2.45, 2.75) is 20.0 Å². The van der Waals surface area contributed by atoms with E-state index in [1.165, 1.54) is 5.56 Å². The minimum absolute atomic E-state index is 0.252. The molecule has 2 aromatic rings. The summed E-state index contributed by atoms with van der Waals surface area (Å²) >= 11 is 0. The summed E-state index contributed by atoms with van der Waals surface area (Å²) in [5.74, 6) is 0.252. The van der Waals surface area contributed by atoms with Crippen molar-refractivity contribution >= 4 is 0 Å². The predicted molar refractivity (Wildman–Crippen MR) is 70.0 cm³/mol. The van der Waals surface area contributed by atoms with Gasteiger partial charge in [0.25, 0.3) is 0 Å². The van der Waals surface area contributed by atoms with Gasteiger partial charge in [0.1, 0.15) is 5.75 Å². The van der Waals surface area contributed by atoms with Gasteiger partial charge in [0.15, 0.2) is 0 Å². The Morgan fingerprint density at radius 3 is 2.56 bits per heavy atom. The molecular formula is C14H17N3O. The van der Waals surface area contributed by atoms with Gasteiger partial charge in [-0.3, -0.25) is 14.9 Å². The monoisotopic (exact) mass is 243 g/mol. The third kappa shape index (κ3) is 3.28. The quantitative estimate of drug-likeness (QED) is 0.893. The minimum Gasteiger partial charge on any atom is -0.506 e. The van der Waals surface area contributed by atoms with E-state index in [4.69, 9.17) is 0 Å². The van der Waals surface area contributed by atoms with Crippen LogP contribution in [0, 0.1) is 6.92 Å². The maximum Gasteiger partial charge on any atom is 0.138 e. The average molecular weight is 243 g/mol. The molecule has 1 N–H and O–H groups in total. The van der Waals surface area contributed by atoms with Crippen molar-refractivity contribution in [2.75, 3.05) is 7.05 Å². The fourth-order valence-corrected chi connectivity index (χ4v) is 1.83. The van der Waals surface area contributed by atoms with Crippen LogP contribution in [0.25, 0.3) is 0 Å². The first kappa shape index (κ1) is 12.5. The first-order valence-electron chi connectivity index (χ1n) is 5.88. The minimum atomic E-state index is 0.252. The summed E-state index contributed by atoms with van der Waals surface area (Å²) < 4.78 is 0. The summed E-state index contributed by atoms with van der Waals surface area (Å²) in [6.07, 6.45) is 3.57. The second-order valence-electron chi connectivity index (χ2n) is 4.45. The molecule has 0 aliphatic heterocycles. The second-order valence-corrected chi connectivity index (χ2v) is 4.45. The number of aromatic nitrogens is 2. The SMILES string of the molecule is Cc1ccc(O)c(CN(C)Cc2ccncc2)n1. The van der Waals surface area contributed by atoms with Gasteiger partial charge < -0.3 is 5.11 Å². The Balaban J connectivity index is 2.03. The molecule has 2 heterocycles. The van der Waals surface area contributed by atoms with Crippen molar-refractivity contribution in [2.24, 2.45) is 0 Å². The zero-order chi connectivity index (χ0) is 13.0. The van der Waals surface area contributed by atoms with E-state index in [9.17, 15) is 5.11 Å². The van der Waals surface area contributed by atoms with E-state index in [1.54, 1.807) is 18.5 Å². The molecule has 2 rings (SSSR count). The molecule has 18 heavy (non-hydrogen) atoms. The molecule has 0 saturated carbocycles. The van der Waals surface area contributed by atoms with Crippen LogP contribution in [0.3, 0.4) is 0 Å². The van der Waals surface area contributed by atoms with Crippen molar-refractivity contribution in [1.29, 1.82) is 0 Å². The van der Waals surface area contributed by atoms with Crippen LogP contribution >= 0.6 is 0 Å². The fraction of sp³-hybridized carbons (Fsp3) is 0.286. The fourth-order valence-electron chi connectivity index (χ4n) is 1.83. The van der Waals surface area contributed by atoms with Gasteiger partial charge in [-0.1, -0.05) is 0 Å². The highest BCUT2D eigenvalue weighted by Gasteiger charge is 2.07. The highest BCUT2D eigenvalue weighted by molar-refractivity contribution is 5.27. The van der Waals surface area contributed by atoms with Gasteiger partial charge in [-0.2, -0.15) is 0 Å². The second kappa shape index (κ2) is 5.60. The zero-order valence-corrected chi connectivity index (χ0v) is 10.7. The van der Waals surface area contributed by atoms with Crippen LogP contribution < -0.4 is 0 Å². The predicted octanol–water partition coefficient (Wildman–Crippen LogP) is 2.12. The molecule has 0 unspecified atom stereocenters. The van der Waals surface area contributed by atoms with E-state index < -0.39 is 0 Å². The van der Waals surface area contributed by atoms with Crippen LogP contribution in [0.5, 0.6) is 5.75 Å². The molecular weight excluding hydrogens is 226 g/mol. The smallest absolute Gasteiger partial charge is 0.138 e. The summed E-state index contributed by atoms with van der Waals surface area (Å²) in [6.45, 7) is 3.35.